The van der Waals surface area contributed by atoms with Gasteiger partial charge in [-0.1, -0.05) is 23.4 Å². The fraction of sp³-hybridized carbons (Fsp3) is 0.0667. The fourth-order valence-electron chi connectivity index (χ4n) is 1.51. The molecule has 3 nitrogen and oxygen atoms in total. The average Bonchev–Trinajstić information content (AvgIpc) is 2.46. The summed E-state index contributed by atoms with van der Waals surface area (Å²) in [6, 6.07) is 11.5. The van der Waals surface area contributed by atoms with E-state index < -0.39 is 10.0 Å². The molecule has 0 atom stereocenters. The number of halogens is 2. The Morgan fingerprint density at radius 2 is 1.67 bits per heavy atom. The van der Waals surface area contributed by atoms with E-state index in [1.807, 2.05) is 0 Å². The van der Waals surface area contributed by atoms with Gasteiger partial charge in [0.2, 0.25) is 10.0 Å². The monoisotopic (exact) mass is 323 g/mol. The summed E-state index contributed by atoms with van der Waals surface area (Å²) in [5.41, 5.74) is 0.613. The van der Waals surface area contributed by atoms with Gasteiger partial charge in [0.15, 0.2) is 0 Å². The van der Waals surface area contributed by atoms with Crippen molar-refractivity contribution in [2.24, 2.45) is 0 Å². The van der Waals surface area contributed by atoms with Crippen LogP contribution in [0, 0.1) is 17.7 Å². The van der Waals surface area contributed by atoms with Gasteiger partial charge in [0, 0.05) is 10.6 Å². The Hall–Kier alpha value is -1.87. The maximum absolute atomic E-state index is 12.7. The van der Waals surface area contributed by atoms with E-state index in [1.54, 1.807) is 0 Å². The normalized spacial score (nSPS) is 10.8. The SMILES string of the molecule is O=S(=O)(NCC#Cc1ccc(F)cc1)c1ccc(Cl)cc1. The second-order valence-electron chi connectivity index (χ2n) is 4.09. The minimum absolute atomic E-state index is 0.0393. The highest BCUT2D eigenvalue weighted by molar-refractivity contribution is 7.89. The van der Waals surface area contributed by atoms with E-state index in [2.05, 4.69) is 16.6 Å². The smallest absolute Gasteiger partial charge is 0.207 e. The summed E-state index contributed by atoms with van der Waals surface area (Å²) >= 11 is 5.70. The molecule has 0 radical (unpaired) electrons. The van der Waals surface area contributed by atoms with Crippen LogP contribution in [0.2, 0.25) is 5.02 Å². The number of benzene rings is 2. The van der Waals surface area contributed by atoms with Gasteiger partial charge in [-0.3, -0.25) is 0 Å². The minimum atomic E-state index is -3.61. The Morgan fingerprint density at radius 3 is 2.29 bits per heavy atom. The molecule has 2 aromatic carbocycles. The van der Waals surface area contributed by atoms with Crippen molar-refractivity contribution >= 4 is 21.6 Å². The Labute approximate surface area is 127 Å². The third-order valence-corrected chi connectivity index (χ3v) is 4.22. The molecule has 0 aliphatic rings. The first-order valence-corrected chi connectivity index (χ1v) is 7.83. The van der Waals surface area contributed by atoms with Crippen molar-refractivity contribution in [3.63, 3.8) is 0 Å². The van der Waals surface area contributed by atoms with E-state index in [1.165, 1.54) is 48.5 Å². The van der Waals surface area contributed by atoms with Crippen molar-refractivity contribution < 1.29 is 12.8 Å². The lowest BCUT2D eigenvalue weighted by molar-refractivity contribution is 0.586. The van der Waals surface area contributed by atoms with Crippen LogP contribution >= 0.6 is 11.6 Å². The zero-order valence-electron chi connectivity index (χ0n) is 10.8. The number of nitrogens with one attached hydrogen (secondary N) is 1. The van der Waals surface area contributed by atoms with Gasteiger partial charge in [-0.2, -0.15) is 4.72 Å². The Balaban J connectivity index is 2.00. The average molecular weight is 324 g/mol. The third kappa shape index (κ3) is 4.57. The largest absolute Gasteiger partial charge is 0.241 e. The molecule has 0 saturated carbocycles. The van der Waals surface area contributed by atoms with Crippen molar-refractivity contribution in [2.75, 3.05) is 6.54 Å². The van der Waals surface area contributed by atoms with Gasteiger partial charge in [-0.05, 0) is 48.5 Å². The first kappa shape index (κ1) is 15.5. The Bertz CT molecular complexity index is 775. The predicted octanol–water partition coefficient (Wildman–Crippen LogP) is 2.81. The highest BCUT2D eigenvalue weighted by Crippen LogP contribution is 2.13. The molecule has 0 amide bonds. The zero-order chi connectivity index (χ0) is 15.3. The lowest BCUT2D eigenvalue weighted by Crippen LogP contribution is -2.23. The molecule has 0 aromatic heterocycles. The van der Waals surface area contributed by atoms with Crippen LogP contribution < -0.4 is 4.72 Å². The summed E-state index contributed by atoms with van der Waals surface area (Å²) in [5, 5.41) is 0.463. The summed E-state index contributed by atoms with van der Waals surface area (Å²) < 4.78 is 38.9. The van der Waals surface area contributed by atoms with Crippen molar-refractivity contribution in [3.8, 4) is 11.8 Å². The van der Waals surface area contributed by atoms with E-state index in [-0.39, 0.29) is 17.3 Å². The fourth-order valence-corrected chi connectivity index (χ4v) is 2.56. The lowest BCUT2D eigenvalue weighted by atomic mass is 10.2. The van der Waals surface area contributed by atoms with Crippen LogP contribution in [0.4, 0.5) is 4.39 Å². The van der Waals surface area contributed by atoms with Gasteiger partial charge in [-0.25, -0.2) is 12.8 Å². The Kier molecular flexibility index (Phi) is 4.97. The molecule has 2 aromatic rings. The number of sulfonamides is 1. The molecule has 0 bridgehead atoms. The van der Waals surface area contributed by atoms with Crippen molar-refractivity contribution in [1.29, 1.82) is 0 Å². The summed E-state index contributed by atoms with van der Waals surface area (Å²) in [5.74, 6) is 5.07. The van der Waals surface area contributed by atoms with Gasteiger partial charge >= 0.3 is 0 Å². The van der Waals surface area contributed by atoms with Gasteiger partial charge in [-0.15, -0.1) is 0 Å². The van der Waals surface area contributed by atoms with Crippen molar-refractivity contribution in [1.82, 2.24) is 4.72 Å². The van der Waals surface area contributed by atoms with Gasteiger partial charge in [0.05, 0.1) is 11.4 Å². The minimum Gasteiger partial charge on any atom is -0.207 e. The van der Waals surface area contributed by atoms with Crippen LogP contribution in [0.5, 0.6) is 0 Å². The molecule has 0 saturated heterocycles. The first-order valence-electron chi connectivity index (χ1n) is 5.97. The number of rotatable bonds is 3. The third-order valence-electron chi connectivity index (χ3n) is 2.55. The van der Waals surface area contributed by atoms with Gasteiger partial charge in [0.1, 0.15) is 5.82 Å². The van der Waals surface area contributed by atoms with Crippen LogP contribution in [0.15, 0.2) is 53.4 Å². The topological polar surface area (TPSA) is 46.2 Å². The molecular formula is C15H11ClFNO2S. The van der Waals surface area contributed by atoms with Crippen LogP contribution in [0.3, 0.4) is 0 Å². The van der Waals surface area contributed by atoms with E-state index in [9.17, 15) is 12.8 Å². The molecule has 0 heterocycles. The van der Waals surface area contributed by atoms with Crippen LogP contribution in [0.25, 0.3) is 0 Å². The highest BCUT2D eigenvalue weighted by atomic mass is 35.5. The molecule has 1 N–H and O–H groups in total. The quantitative estimate of drug-likeness (QED) is 0.883. The van der Waals surface area contributed by atoms with E-state index in [4.69, 9.17) is 11.6 Å². The molecule has 6 heteroatoms. The standard InChI is InChI=1S/C15H11ClFNO2S/c16-13-5-9-15(10-6-13)21(19,20)18-11-1-2-12-3-7-14(17)8-4-12/h3-10,18H,11H2. The second-order valence-corrected chi connectivity index (χ2v) is 6.29. The Morgan fingerprint density at radius 1 is 1.05 bits per heavy atom. The van der Waals surface area contributed by atoms with Crippen LogP contribution in [0.1, 0.15) is 5.56 Å². The molecule has 0 unspecified atom stereocenters. The maximum Gasteiger partial charge on any atom is 0.241 e. The summed E-state index contributed by atoms with van der Waals surface area (Å²) in [4.78, 5) is 0.121. The summed E-state index contributed by atoms with van der Waals surface area (Å²) in [7, 11) is -3.61. The van der Waals surface area contributed by atoms with Crippen LogP contribution in [-0.2, 0) is 10.0 Å². The first-order chi connectivity index (χ1) is 9.97. The highest BCUT2D eigenvalue weighted by Gasteiger charge is 2.11. The molecular weight excluding hydrogens is 313 g/mol. The van der Waals surface area contributed by atoms with Gasteiger partial charge in [0.25, 0.3) is 0 Å². The molecule has 108 valence electrons. The molecule has 0 fully saturated rings. The van der Waals surface area contributed by atoms with E-state index in [0.717, 1.165) is 0 Å². The predicted molar refractivity (Wildman–Crippen MR) is 79.9 cm³/mol. The number of hydrogen-bond acceptors (Lipinski definition) is 2. The van der Waals surface area contributed by atoms with E-state index >= 15 is 0 Å². The van der Waals surface area contributed by atoms with Crippen molar-refractivity contribution in [3.05, 3.63) is 64.9 Å². The van der Waals surface area contributed by atoms with E-state index in [0.29, 0.717) is 10.6 Å². The zero-order valence-corrected chi connectivity index (χ0v) is 12.4. The number of hydrogen-bond donors (Lipinski definition) is 1. The second kappa shape index (κ2) is 6.72. The maximum atomic E-state index is 12.7. The van der Waals surface area contributed by atoms with Crippen LogP contribution in [-0.4, -0.2) is 15.0 Å². The molecule has 21 heavy (non-hydrogen) atoms. The van der Waals surface area contributed by atoms with Crippen molar-refractivity contribution in [2.45, 2.75) is 4.90 Å². The molecule has 0 spiro atoms. The lowest BCUT2D eigenvalue weighted by Gasteiger charge is -2.03. The molecule has 0 aliphatic heterocycles. The summed E-state index contributed by atoms with van der Waals surface area (Å²) in [6.45, 7) is -0.0393. The van der Waals surface area contributed by atoms with Gasteiger partial charge < -0.3 is 0 Å². The molecule has 0 aliphatic carbocycles. The summed E-state index contributed by atoms with van der Waals surface area (Å²) in [6.07, 6.45) is 0. The molecule has 2 rings (SSSR count).